The van der Waals surface area contributed by atoms with Crippen molar-refractivity contribution < 1.29 is 29.1 Å². The summed E-state index contributed by atoms with van der Waals surface area (Å²) in [5.74, 6) is -1.37. The van der Waals surface area contributed by atoms with Gasteiger partial charge in [0.1, 0.15) is 17.5 Å². The van der Waals surface area contributed by atoms with E-state index in [-0.39, 0.29) is 65.1 Å². The summed E-state index contributed by atoms with van der Waals surface area (Å²) in [7, 11) is 0. The van der Waals surface area contributed by atoms with Crippen LogP contribution >= 0.6 is 0 Å². The molecule has 290 valence electrons. The van der Waals surface area contributed by atoms with Crippen molar-refractivity contribution in [3.8, 4) is 0 Å². The number of hydrogen-bond acceptors (Lipinski definition) is 13. The lowest BCUT2D eigenvalue weighted by molar-refractivity contribution is -0.139. The summed E-state index contributed by atoms with van der Waals surface area (Å²) in [5.41, 5.74) is 2.57. The molecule has 3 fully saturated rings. The minimum absolute atomic E-state index is 0.0239. The summed E-state index contributed by atoms with van der Waals surface area (Å²) >= 11 is 0. The van der Waals surface area contributed by atoms with E-state index in [0.717, 1.165) is 36.3 Å². The number of aliphatic hydroxyl groups excluding tert-OH is 1. The largest absolute Gasteiger partial charge is 0.369 e. The highest BCUT2D eigenvalue weighted by Crippen LogP contribution is 2.39. The number of nitrogens with zero attached hydrogens (tertiary/aromatic N) is 7. The molecule has 4 aromatic rings. The van der Waals surface area contributed by atoms with Gasteiger partial charge in [-0.3, -0.25) is 48.5 Å². The van der Waals surface area contributed by atoms with Crippen LogP contribution in [0.15, 0.2) is 47.5 Å². The molecular formula is C39H42N10O7. The van der Waals surface area contributed by atoms with Gasteiger partial charge >= 0.3 is 0 Å². The third-order valence-electron chi connectivity index (χ3n) is 11.3. The van der Waals surface area contributed by atoms with Crippen molar-refractivity contribution in [2.24, 2.45) is 0 Å². The Labute approximate surface area is 321 Å². The molecule has 6 heterocycles. The number of aromatic nitrogens is 4. The first-order valence-corrected chi connectivity index (χ1v) is 18.9. The summed E-state index contributed by atoms with van der Waals surface area (Å²) in [6.07, 6.45) is 5.84. The Bertz CT molecular complexity index is 2330. The minimum atomic E-state index is -1.45. The van der Waals surface area contributed by atoms with Crippen molar-refractivity contribution in [1.82, 2.24) is 34.6 Å². The minimum Gasteiger partial charge on any atom is -0.369 e. The number of piperidine rings is 1. The van der Waals surface area contributed by atoms with Crippen molar-refractivity contribution in [3.63, 3.8) is 0 Å². The third kappa shape index (κ3) is 6.76. The number of fused-ring (bicyclic) bond motifs is 2. The van der Waals surface area contributed by atoms with E-state index in [4.69, 9.17) is 4.98 Å². The van der Waals surface area contributed by atoms with Gasteiger partial charge in [0.15, 0.2) is 12.0 Å². The molecule has 4 amide bonds. The number of amides is 4. The fourth-order valence-electron chi connectivity index (χ4n) is 8.42. The lowest BCUT2D eigenvalue weighted by Crippen LogP contribution is -2.53. The molecule has 4 N–H and O–H groups in total. The topological polar surface area (TPSA) is 212 Å². The molecule has 4 aliphatic rings. The number of Topliss-reactive ketones (excluding diaryl/α,β-unsaturated/α-hetero) is 1. The van der Waals surface area contributed by atoms with Crippen LogP contribution in [0.1, 0.15) is 89.6 Å². The predicted molar refractivity (Wildman–Crippen MR) is 205 cm³/mol. The van der Waals surface area contributed by atoms with Gasteiger partial charge in [0.25, 0.3) is 11.5 Å². The number of rotatable bonds is 9. The Morgan fingerprint density at radius 3 is 2.43 bits per heavy atom. The van der Waals surface area contributed by atoms with Crippen molar-refractivity contribution in [3.05, 3.63) is 75.3 Å². The second kappa shape index (κ2) is 14.9. The van der Waals surface area contributed by atoms with Gasteiger partial charge in [-0.05, 0) is 62.9 Å². The lowest BCUT2D eigenvalue weighted by atomic mass is 10.0. The van der Waals surface area contributed by atoms with Crippen LogP contribution in [0.25, 0.3) is 11.0 Å². The number of carbonyl (C=O) groups is 5. The third-order valence-corrected chi connectivity index (χ3v) is 11.3. The maximum absolute atomic E-state index is 13.5. The molecule has 3 aromatic heterocycles. The number of carbonyl (C=O) groups excluding carboxylic acids is 5. The van der Waals surface area contributed by atoms with Crippen molar-refractivity contribution in [2.45, 2.75) is 70.7 Å². The first kappa shape index (κ1) is 36.9. The number of hydrogen-bond donors (Lipinski definition) is 4. The summed E-state index contributed by atoms with van der Waals surface area (Å²) < 4.78 is 1.68. The van der Waals surface area contributed by atoms with Crippen LogP contribution in [0.4, 0.5) is 23.1 Å². The second-order valence-electron chi connectivity index (χ2n) is 14.8. The SMILES string of the molecule is CC(=O)c1c(C)c2cnc(Nc3ccc(N4CCN(CC(=O)Nc5cccc6c5C(O)N(C5CCC(=O)NC5=O)C6=O)CC4)cn3)nc2n(C2CCCC2)c1=O. The molecule has 0 spiro atoms. The van der Waals surface area contributed by atoms with Crippen molar-refractivity contribution >= 4 is 63.6 Å². The van der Waals surface area contributed by atoms with Gasteiger partial charge in [-0.25, -0.2) is 9.97 Å². The second-order valence-corrected chi connectivity index (χ2v) is 14.8. The standard InChI is InChI=1S/C39H42N10O7/c1-21-26-19-41-39(45-34(26)48(23-6-3-4-7-23)37(55)32(21)22(2)50)43-29-12-10-24(18-40-29)47-16-14-46(15-17-47)20-31(52)42-27-9-5-8-25-33(27)38(56)49(36(25)54)28-11-13-30(51)44-35(28)53/h5,8-10,12,18-19,23,28,38,56H,3-4,6-7,11,13-17,20H2,1-2H3,(H,42,52)(H,44,51,53)(H,40,41,43,45). The molecule has 56 heavy (non-hydrogen) atoms. The fraction of sp³-hybridized carbons (Fsp3) is 0.410. The van der Waals surface area contributed by atoms with E-state index in [9.17, 15) is 33.9 Å². The molecule has 2 atom stereocenters. The molecular weight excluding hydrogens is 720 g/mol. The number of aliphatic hydroxyl groups is 1. The Morgan fingerprint density at radius 2 is 1.73 bits per heavy atom. The number of aryl methyl sites for hydroxylation is 1. The van der Waals surface area contributed by atoms with Crippen LogP contribution in [0.5, 0.6) is 0 Å². The zero-order chi connectivity index (χ0) is 39.2. The van der Waals surface area contributed by atoms with Gasteiger partial charge in [-0.2, -0.15) is 4.98 Å². The highest BCUT2D eigenvalue weighted by atomic mass is 16.3. The van der Waals surface area contributed by atoms with Crippen molar-refractivity contribution in [1.29, 1.82) is 0 Å². The smallest absolute Gasteiger partial charge is 0.263 e. The van der Waals surface area contributed by atoms with Crippen LogP contribution < -0.4 is 26.4 Å². The van der Waals surface area contributed by atoms with Gasteiger partial charge in [0, 0.05) is 67.0 Å². The van der Waals surface area contributed by atoms with E-state index in [1.165, 1.54) is 6.92 Å². The van der Waals surface area contributed by atoms with Gasteiger partial charge in [-0.15, -0.1) is 0 Å². The summed E-state index contributed by atoms with van der Waals surface area (Å²) in [4.78, 5) is 95.6. The molecule has 0 bridgehead atoms. The Kier molecular flexibility index (Phi) is 9.80. The summed E-state index contributed by atoms with van der Waals surface area (Å²) in [6, 6.07) is 7.51. The summed E-state index contributed by atoms with van der Waals surface area (Å²) in [6.45, 7) is 5.76. The van der Waals surface area contributed by atoms with Gasteiger partial charge in [-0.1, -0.05) is 18.9 Å². The van der Waals surface area contributed by atoms with Gasteiger partial charge in [0.05, 0.1) is 24.0 Å². The first-order valence-electron chi connectivity index (χ1n) is 18.9. The van der Waals surface area contributed by atoms with Gasteiger partial charge < -0.3 is 20.6 Å². The quantitative estimate of drug-likeness (QED) is 0.143. The molecule has 1 aromatic carbocycles. The fourth-order valence-corrected chi connectivity index (χ4v) is 8.42. The van der Waals surface area contributed by atoms with Crippen LogP contribution in [-0.2, 0) is 14.4 Å². The number of pyridine rings is 2. The Hall–Kier alpha value is -6.07. The van der Waals surface area contributed by atoms with E-state index >= 15 is 0 Å². The molecule has 1 saturated carbocycles. The van der Waals surface area contributed by atoms with Gasteiger partial charge in [0.2, 0.25) is 23.7 Å². The van der Waals surface area contributed by atoms with E-state index in [0.29, 0.717) is 54.5 Å². The highest BCUT2D eigenvalue weighted by molar-refractivity contribution is 6.07. The highest BCUT2D eigenvalue weighted by Gasteiger charge is 2.45. The predicted octanol–water partition coefficient (Wildman–Crippen LogP) is 2.57. The van der Waals surface area contributed by atoms with E-state index in [2.05, 4.69) is 30.8 Å². The molecule has 2 unspecified atom stereocenters. The maximum atomic E-state index is 13.5. The molecule has 17 nitrogen and oxygen atoms in total. The average Bonchev–Trinajstić information content (AvgIpc) is 3.79. The molecule has 1 aliphatic carbocycles. The molecule has 2 saturated heterocycles. The molecule has 17 heteroatoms. The monoisotopic (exact) mass is 762 g/mol. The average molecular weight is 763 g/mol. The number of benzene rings is 1. The van der Waals surface area contributed by atoms with Crippen LogP contribution in [0.2, 0.25) is 0 Å². The number of ketones is 1. The first-order chi connectivity index (χ1) is 27.0. The number of piperazine rings is 1. The lowest BCUT2D eigenvalue weighted by Gasteiger charge is -2.35. The Morgan fingerprint density at radius 1 is 0.964 bits per heavy atom. The van der Waals surface area contributed by atoms with Crippen LogP contribution in [0, 0.1) is 6.92 Å². The molecule has 0 radical (unpaired) electrons. The number of nitrogens with one attached hydrogen (secondary N) is 3. The summed E-state index contributed by atoms with van der Waals surface area (Å²) in [5, 5.41) is 20.1. The van der Waals surface area contributed by atoms with E-state index < -0.39 is 30.0 Å². The maximum Gasteiger partial charge on any atom is 0.263 e. The zero-order valence-corrected chi connectivity index (χ0v) is 31.1. The van der Waals surface area contributed by atoms with E-state index in [1.54, 1.807) is 42.1 Å². The zero-order valence-electron chi connectivity index (χ0n) is 31.1. The number of anilines is 4. The van der Waals surface area contributed by atoms with E-state index in [1.807, 2.05) is 17.0 Å². The van der Waals surface area contributed by atoms with Crippen LogP contribution in [0.3, 0.4) is 0 Å². The Balaban J connectivity index is 0.884. The molecule has 8 rings (SSSR count). The normalized spacial score (nSPS) is 20.4. The van der Waals surface area contributed by atoms with Crippen molar-refractivity contribution in [2.75, 3.05) is 48.3 Å². The molecule has 3 aliphatic heterocycles. The van der Waals surface area contributed by atoms with Crippen LogP contribution in [-0.4, -0.2) is 103 Å². The number of imide groups is 1.